The van der Waals surface area contributed by atoms with Crippen LogP contribution in [0.15, 0.2) is 65.3 Å². The maximum Gasteiger partial charge on any atom is 0.271 e. The van der Waals surface area contributed by atoms with Crippen molar-refractivity contribution >= 4 is 40.4 Å². The van der Waals surface area contributed by atoms with Crippen LogP contribution in [0.3, 0.4) is 0 Å². The molecule has 1 aromatic carbocycles. The normalized spacial score (nSPS) is 10.7. The van der Waals surface area contributed by atoms with Gasteiger partial charge in [-0.05, 0) is 12.1 Å². The fourth-order valence-corrected chi connectivity index (χ4v) is 3.64. The second-order valence-electron chi connectivity index (χ2n) is 5.60. The number of hydrogen-bond donors (Lipinski definition) is 2. The van der Waals surface area contributed by atoms with Crippen LogP contribution in [0.5, 0.6) is 0 Å². The number of nitrogens with two attached hydrogens (primary N) is 1. The number of furan rings is 1. The van der Waals surface area contributed by atoms with Crippen molar-refractivity contribution in [2.75, 3.05) is 11.1 Å². The summed E-state index contributed by atoms with van der Waals surface area (Å²) in [6.07, 6.45) is 3.32. The second-order valence-corrected chi connectivity index (χ2v) is 6.95. The Bertz CT molecular complexity index is 1090. The Morgan fingerprint density at radius 1 is 1.15 bits per heavy atom. The van der Waals surface area contributed by atoms with Gasteiger partial charge in [0.2, 0.25) is 5.88 Å². The largest absolute Gasteiger partial charge is 0.438 e. The van der Waals surface area contributed by atoms with Crippen LogP contribution in [-0.4, -0.2) is 15.9 Å². The molecular weight excluding hydrogens is 384 g/mol. The van der Waals surface area contributed by atoms with Crippen LogP contribution in [0.25, 0.3) is 21.9 Å². The molecule has 134 valence electrons. The van der Waals surface area contributed by atoms with Crippen molar-refractivity contribution in [1.82, 2.24) is 9.97 Å². The van der Waals surface area contributed by atoms with Crippen molar-refractivity contribution in [1.29, 1.82) is 0 Å². The summed E-state index contributed by atoms with van der Waals surface area (Å²) >= 11 is 7.32. The van der Waals surface area contributed by atoms with E-state index in [1.54, 1.807) is 24.5 Å². The zero-order valence-corrected chi connectivity index (χ0v) is 15.4. The van der Waals surface area contributed by atoms with Gasteiger partial charge in [0.1, 0.15) is 15.6 Å². The van der Waals surface area contributed by atoms with Gasteiger partial charge in [0.25, 0.3) is 5.91 Å². The lowest BCUT2D eigenvalue weighted by atomic mass is 10.2. The molecule has 0 spiro atoms. The number of pyridine rings is 1. The molecule has 0 radical (unpaired) electrons. The lowest BCUT2D eigenvalue weighted by Crippen LogP contribution is -2.11. The Morgan fingerprint density at radius 2 is 1.93 bits per heavy atom. The van der Waals surface area contributed by atoms with E-state index in [1.807, 2.05) is 36.4 Å². The van der Waals surface area contributed by atoms with Crippen LogP contribution < -0.4 is 11.1 Å². The van der Waals surface area contributed by atoms with Crippen molar-refractivity contribution in [2.45, 2.75) is 0 Å². The molecule has 6 nitrogen and oxygen atoms in total. The van der Waals surface area contributed by atoms with Crippen molar-refractivity contribution < 1.29 is 9.21 Å². The van der Waals surface area contributed by atoms with Crippen LogP contribution >= 0.6 is 22.9 Å². The molecule has 4 rings (SSSR count). The van der Waals surface area contributed by atoms with Gasteiger partial charge < -0.3 is 10.2 Å². The summed E-state index contributed by atoms with van der Waals surface area (Å²) in [4.78, 5) is 21.2. The number of anilines is 2. The first-order valence-electron chi connectivity index (χ1n) is 7.94. The number of nitrogens with one attached hydrogen (secondary N) is 1. The minimum absolute atomic E-state index is 0.116. The SMILES string of the molecule is Nc1cc(-c2ccccc2)oc1NC(=O)c1sc(-c2cccnc2)nc1Cl. The topological polar surface area (TPSA) is 94.0 Å². The van der Waals surface area contributed by atoms with E-state index in [0.29, 0.717) is 16.5 Å². The van der Waals surface area contributed by atoms with Gasteiger partial charge >= 0.3 is 0 Å². The molecule has 0 bridgehead atoms. The quantitative estimate of drug-likeness (QED) is 0.508. The third-order valence-electron chi connectivity index (χ3n) is 3.75. The highest BCUT2D eigenvalue weighted by atomic mass is 35.5. The Morgan fingerprint density at radius 3 is 2.67 bits per heavy atom. The summed E-state index contributed by atoms with van der Waals surface area (Å²) in [6, 6.07) is 14.8. The number of aromatic nitrogens is 2. The summed E-state index contributed by atoms with van der Waals surface area (Å²) in [5.74, 6) is 0.300. The summed E-state index contributed by atoms with van der Waals surface area (Å²) in [7, 11) is 0. The van der Waals surface area contributed by atoms with E-state index >= 15 is 0 Å². The molecule has 3 N–H and O–H groups in total. The molecule has 0 saturated carbocycles. The predicted octanol–water partition coefficient (Wildman–Crippen LogP) is 4.95. The van der Waals surface area contributed by atoms with E-state index < -0.39 is 5.91 Å². The highest BCUT2D eigenvalue weighted by Gasteiger charge is 2.20. The number of thiazole rings is 1. The monoisotopic (exact) mass is 396 g/mol. The number of halogens is 1. The molecule has 0 aliphatic carbocycles. The van der Waals surface area contributed by atoms with E-state index in [0.717, 1.165) is 11.1 Å². The third kappa shape index (κ3) is 3.55. The van der Waals surface area contributed by atoms with Gasteiger partial charge in [-0.1, -0.05) is 41.9 Å². The standard InChI is InChI=1S/C19H13ClN4O2S/c20-16-15(27-19(23-16)12-7-4-8-22-10-12)17(25)24-18-13(21)9-14(26-18)11-5-2-1-3-6-11/h1-10H,21H2,(H,24,25). The van der Waals surface area contributed by atoms with Crippen LogP contribution in [0.4, 0.5) is 11.6 Å². The maximum absolute atomic E-state index is 12.6. The van der Waals surface area contributed by atoms with Gasteiger partial charge in [-0.25, -0.2) is 4.98 Å². The minimum Gasteiger partial charge on any atom is -0.438 e. The van der Waals surface area contributed by atoms with Gasteiger partial charge in [0, 0.05) is 29.6 Å². The molecular formula is C19H13ClN4O2S. The zero-order chi connectivity index (χ0) is 18.8. The van der Waals surface area contributed by atoms with Crippen LogP contribution in [0.1, 0.15) is 9.67 Å². The second kappa shape index (κ2) is 7.22. The Balaban J connectivity index is 1.58. The predicted molar refractivity (Wildman–Crippen MR) is 107 cm³/mol. The minimum atomic E-state index is -0.437. The smallest absolute Gasteiger partial charge is 0.271 e. The van der Waals surface area contributed by atoms with Gasteiger partial charge in [0.05, 0.1) is 5.69 Å². The summed E-state index contributed by atoms with van der Waals surface area (Å²) in [6.45, 7) is 0. The fraction of sp³-hybridized carbons (Fsp3) is 0. The maximum atomic E-state index is 12.6. The first kappa shape index (κ1) is 17.3. The lowest BCUT2D eigenvalue weighted by Gasteiger charge is -2.01. The Kier molecular flexibility index (Phi) is 4.62. The number of benzene rings is 1. The zero-order valence-electron chi connectivity index (χ0n) is 13.8. The molecule has 0 saturated heterocycles. The molecule has 27 heavy (non-hydrogen) atoms. The fourth-order valence-electron chi connectivity index (χ4n) is 2.46. The number of carbonyl (C=O) groups excluding carboxylic acids is 1. The third-order valence-corrected chi connectivity index (χ3v) is 5.24. The van der Waals surface area contributed by atoms with E-state index in [-0.39, 0.29) is 15.9 Å². The van der Waals surface area contributed by atoms with Crippen molar-refractivity contribution in [3.05, 3.63) is 71.0 Å². The average molecular weight is 397 g/mol. The van der Waals surface area contributed by atoms with Gasteiger partial charge in [-0.3, -0.25) is 15.1 Å². The number of hydrogen-bond acceptors (Lipinski definition) is 6. The molecule has 0 fully saturated rings. The lowest BCUT2D eigenvalue weighted by molar-refractivity contribution is 0.102. The van der Waals surface area contributed by atoms with Crippen molar-refractivity contribution in [3.8, 4) is 21.9 Å². The number of nitrogens with zero attached hydrogens (tertiary/aromatic N) is 2. The Labute approximate surface area is 163 Å². The van der Waals surface area contributed by atoms with Crippen LogP contribution in [-0.2, 0) is 0 Å². The number of rotatable bonds is 4. The van der Waals surface area contributed by atoms with E-state index in [4.69, 9.17) is 21.8 Å². The molecule has 3 heterocycles. The van der Waals surface area contributed by atoms with Crippen LogP contribution in [0.2, 0.25) is 5.15 Å². The molecule has 1 amide bonds. The number of nitrogen functional groups attached to an aromatic ring is 1. The summed E-state index contributed by atoms with van der Waals surface area (Å²) < 4.78 is 5.70. The van der Waals surface area contributed by atoms with E-state index in [9.17, 15) is 4.79 Å². The first-order valence-corrected chi connectivity index (χ1v) is 9.14. The number of amides is 1. The van der Waals surface area contributed by atoms with Gasteiger partial charge in [0.15, 0.2) is 5.15 Å². The molecule has 0 atom stereocenters. The summed E-state index contributed by atoms with van der Waals surface area (Å²) in [5.41, 5.74) is 7.95. The van der Waals surface area contributed by atoms with Gasteiger partial charge in [-0.2, -0.15) is 0 Å². The highest BCUT2D eigenvalue weighted by molar-refractivity contribution is 7.17. The van der Waals surface area contributed by atoms with Crippen molar-refractivity contribution in [2.24, 2.45) is 0 Å². The Hall–Kier alpha value is -3.16. The number of carbonyl (C=O) groups is 1. The average Bonchev–Trinajstić information content (AvgIpc) is 3.26. The highest BCUT2D eigenvalue weighted by Crippen LogP contribution is 2.34. The van der Waals surface area contributed by atoms with E-state index in [1.165, 1.54) is 11.3 Å². The first-order chi connectivity index (χ1) is 13.1. The molecule has 4 aromatic rings. The molecule has 3 aromatic heterocycles. The molecule has 0 aliphatic rings. The van der Waals surface area contributed by atoms with Crippen LogP contribution in [0, 0.1) is 0 Å². The van der Waals surface area contributed by atoms with Crippen molar-refractivity contribution in [3.63, 3.8) is 0 Å². The molecule has 8 heteroatoms. The summed E-state index contributed by atoms with van der Waals surface area (Å²) in [5, 5.41) is 3.38. The molecule has 0 aliphatic heterocycles. The van der Waals surface area contributed by atoms with E-state index in [2.05, 4.69) is 15.3 Å². The van der Waals surface area contributed by atoms with Gasteiger partial charge in [-0.15, -0.1) is 11.3 Å². The molecule has 0 unspecified atom stereocenters.